The van der Waals surface area contributed by atoms with Gasteiger partial charge in [0.1, 0.15) is 11.5 Å². The maximum atomic E-state index is 11.8. The van der Waals surface area contributed by atoms with E-state index in [1.165, 1.54) is 0 Å². The van der Waals surface area contributed by atoms with E-state index in [1.54, 1.807) is 0 Å². The molecule has 1 aliphatic heterocycles. The zero-order chi connectivity index (χ0) is 14.6. The lowest BCUT2D eigenvalue weighted by atomic mass is 10.2. The largest absolute Gasteiger partial charge is 0.464 e. The van der Waals surface area contributed by atoms with E-state index in [1.807, 2.05) is 32.9 Å². The lowest BCUT2D eigenvalue weighted by Crippen LogP contribution is -2.40. The number of furan rings is 1. The van der Waals surface area contributed by atoms with Gasteiger partial charge in [-0.25, -0.2) is 4.79 Å². The molecule has 0 aromatic carbocycles. The Morgan fingerprint density at radius 3 is 2.70 bits per heavy atom. The van der Waals surface area contributed by atoms with Gasteiger partial charge in [-0.15, -0.1) is 0 Å². The third-order valence-electron chi connectivity index (χ3n) is 3.30. The Morgan fingerprint density at radius 1 is 1.40 bits per heavy atom. The number of rotatable bonds is 5. The predicted octanol–water partition coefficient (Wildman–Crippen LogP) is 2.10. The molecule has 0 unspecified atom stereocenters. The molecular formula is C14H22N2O4. The fourth-order valence-electron chi connectivity index (χ4n) is 2.11. The number of carbonyl (C=O) groups excluding carboxylic acids is 1. The van der Waals surface area contributed by atoms with Crippen LogP contribution in [0.4, 0.5) is 4.79 Å². The molecule has 1 aromatic rings. The Bertz CT molecular complexity index is 452. The first-order valence-electron chi connectivity index (χ1n) is 6.87. The van der Waals surface area contributed by atoms with E-state index in [4.69, 9.17) is 13.9 Å². The molecule has 2 amide bonds. The van der Waals surface area contributed by atoms with Crippen molar-refractivity contribution in [3.8, 4) is 0 Å². The monoisotopic (exact) mass is 282 g/mol. The van der Waals surface area contributed by atoms with Crippen LogP contribution in [0.15, 0.2) is 16.5 Å². The molecule has 6 heteroatoms. The minimum absolute atomic E-state index is 0.168. The first-order valence-corrected chi connectivity index (χ1v) is 6.87. The molecule has 2 N–H and O–H groups in total. The second-order valence-corrected chi connectivity index (χ2v) is 5.15. The molecule has 2 rings (SSSR count). The second-order valence-electron chi connectivity index (χ2n) is 5.15. The van der Waals surface area contributed by atoms with Gasteiger partial charge in [-0.1, -0.05) is 0 Å². The van der Waals surface area contributed by atoms with Crippen molar-refractivity contribution in [2.75, 3.05) is 19.8 Å². The van der Waals surface area contributed by atoms with Gasteiger partial charge in [-0.2, -0.15) is 0 Å². The van der Waals surface area contributed by atoms with Gasteiger partial charge in [0.2, 0.25) is 0 Å². The summed E-state index contributed by atoms with van der Waals surface area (Å²) in [6, 6.07) is 3.34. The fraction of sp³-hybridized carbons (Fsp3) is 0.643. The van der Waals surface area contributed by atoms with Crippen LogP contribution in [-0.2, 0) is 9.47 Å². The van der Waals surface area contributed by atoms with E-state index in [-0.39, 0.29) is 12.1 Å². The molecule has 1 aromatic heterocycles. The maximum absolute atomic E-state index is 11.8. The molecule has 1 atom stereocenters. The highest BCUT2D eigenvalue weighted by Gasteiger charge is 2.30. The average molecular weight is 282 g/mol. The van der Waals surface area contributed by atoms with Crippen molar-refractivity contribution < 1.29 is 18.7 Å². The smallest absolute Gasteiger partial charge is 0.315 e. The van der Waals surface area contributed by atoms with Gasteiger partial charge in [0.15, 0.2) is 5.79 Å². The lowest BCUT2D eigenvalue weighted by molar-refractivity contribution is -0.145. The van der Waals surface area contributed by atoms with Crippen molar-refractivity contribution in [2.24, 2.45) is 0 Å². The number of amides is 2. The van der Waals surface area contributed by atoms with Gasteiger partial charge in [-0.3, -0.25) is 0 Å². The first kappa shape index (κ1) is 14.9. The molecule has 1 saturated heterocycles. The average Bonchev–Trinajstić information content (AvgIpc) is 2.98. The minimum atomic E-state index is -0.572. The van der Waals surface area contributed by atoms with Crippen LogP contribution in [-0.4, -0.2) is 31.6 Å². The molecule has 1 fully saturated rings. The second kappa shape index (κ2) is 6.28. The molecule has 0 spiro atoms. The van der Waals surface area contributed by atoms with Gasteiger partial charge in [0.05, 0.1) is 19.3 Å². The molecule has 0 bridgehead atoms. The highest BCUT2D eigenvalue weighted by atomic mass is 16.7. The summed E-state index contributed by atoms with van der Waals surface area (Å²) in [5.74, 6) is 1.00. The number of urea groups is 1. The summed E-state index contributed by atoms with van der Waals surface area (Å²) < 4.78 is 16.4. The topological polar surface area (TPSA) is 72.7 Å². The van der Waals surface area contributed by atoms with Crippen LogP contribution >= 0.6 is 0 Å². The number of hydrogen-bond donors (Lipinski definition) is 2. The van der Waals surface area contributed by atoms with Crippen molar-refractivity contribution in [1.29, 1.82) is 0 Å². The third-order valence-corrected chi connectivity index (χ3v) is 3.30. The molecule has 112 valence electrons. The van der Waals surface area contributed by atoms with Gasteiger partial charge in [0, 0.05) is 13.0 Å². The molecule has 1 aliphatic rings. The SMILES string of the molecule is Cc1ccc([C@H](C)NC(=O)NCCC2(C)OCCO2)o1. The normalized spacial score (nSPS) is 18.8. The van der Waals surface area contributed by atoms with Crippen molar-refractivity contribution >= 4 is 6.03 Å². The number of carbonyl (C=O) groups is 1. The van der Waals surface area contributed by atoms with Crippen LogP contribution in [0.2, 0.25) is 0 Å². The summed E-state index contributed by atoms with van der Waals surface area (Å²) in [6.45, 7) is 7.34. The first-order chi connectivity index (χ1) is 9.48. The highest BCUT2D eigenvalue weighted by molar-refractivity contribution is 5.74. The molecule has 0 radical (unpaired) electrons. The van der Waals surface area contributed by atoms with E-state index in [2.05, 4.69) is 10.6 Å². The zero-order valence-electron chi connectivity index (χ0n) is 12.2. The van der Waals surface area contributed by atoms with Crippen molar-refractivity contribution in [3.05, 3.63) is 23.7 Å². The Morgan fingerprint density at radius 2 is 2.10 bits per heavy atom. The van der Waals surface area contributed by atoms with Crippen LogP contribution in [0, 0.1) is 6.92 Å². The number of ether oxygens (including phenoxy) is 2. The molecule has 0 aliphatic carbocycles. The van der Waals surface area contributed by atoms with Gasteiger partial charge in [0.25, 0.3) is 0 Å². The number of nitrogens with one attached hydrogen (secondary N) is 2. The molecule has 20 heavy (non-hydrogen) atoms. The lowest BCUT2D eigenvalue weighted by Gasteiger charge is -2.22. The summed E-state index contributed by atoms with van der Waals surface area (Å²) in [6.07, 6.45) is 0.620. The van der Waals surface area contributed by atoms with E-state index in [0.29, 0.717) is 26.2 Å². The Hall–Kier alpha value is -1.53. The number of aryl methyl sites for hydroxylation is 1. The van der Waals surface area contributed by atoms with Gasteiger partial charge >= 0.3 is 6.03 Å². The predicted molar refractivity (Wildman–Crippen MR) is 73.3 cm³/mol. The quantitative estimate of drug-likeness (QED) is 0.867. The van der Waals surface area contributed by atoms with Crippen molar-refractivity contribution in [2.45, 2.75) is 39.0 Å². The van der Waals surface area contributed by atoms with E-state index in [0.717, 1.165) is 11.5 Å². The summed E-state index contributed by atoms with van der Waals surface area (Å²) >= 11 is 0. The maximum Gasteiger partial charge on any atom is 0.315 e. The summed E-state index contributed by atoms with van der Waals surface area (Å²) in [5, 5.41) is 5.61. The van der Waals surface area contributed by atoms with E-state index >= 15 is 0 Å². The molecular weight excluding hydrogens is 260 g/mol. The Balaban J connectivity index is 1.70. The van der Waals surface area contributed by atoms with Crippen LogP contribution in [0.5, 0.6) is 0 Å². The van der Waals surface area contributed by atoms with Crippen LogP contribution in [0.3, 0.4) is 0 Å². The van der Waals surface area contributed by atoms with Crippen LogP contribution in [0.1, 0.15) is 37.8 Å². The third kappa shape index (κ3) is 3.98. The number of hydrogen-bond acceptors (Lipinski definition) is 4. The van der Waals surface area contributed by atoms with Crippen molar-refractivity contribution in [1.82, 2.24) is 10.6 Å². The van der Waals surface area contributed by atoms with Gasteiger partial charge in [-0.05, 0) is 32.9 Å². The highest BCUT2D eigenvalue weighted by Crippen LogP contribution is 2.21. The summed E-state index contributed by atoms with van der Waals surface area (Å²) in [4.78, 5) is 11.8. The van der Waals surface area contributed by atoms with E-state index < -0.39 is 5.79 Å². The molecule has 6 nitrogen and oxygen atoms in total. The van der Waals surface area contributed by atoms with Gasteiger partial charge < -0.3 is 24.5 Å². The van der Waals surface area contributed by atoms with Crippen LogP contribution in [0.25, 0.3) is 0 Å². The molecule has 0 saturated carbocycles. The Labute approximate surface area is 118 Å². The summed E-state index contributed by atoms with van der Waals surface area (Å²) in [5.41, 5.74) is 0. The van der Waals surface area contributed by atoms with Crippen molar-refractivity contribution in [3.63, 3.8) is 0 Å². The standard InChI is InChI=1S/C14H22N2O4/c1-10-4-5-12(20-10)11(2)16-13(17)15-7-6-14(3)18-8-9-19-14/h4-5,11H,6-9H2,1-3H3,(H2,15,16,17)/t11-/m0/s1. The van der Waals surface area contributed by atoms with E-state index in [9.17, 15) is 4.79 Å². The zero-order valence-corrected chi connectivity index (χ0v) is 12.2. The Kier molecular flexibility index (Phi) is 4.67. The minimum Gasteiger partial charge on any atom is -0.464 e. The molecule has 2 heterocycles. The fourth-order valence-corrected chi connectivity index (χ4v) is 2.11. The van der Waals surface area contributed by atoms with Crippen LogP contribution < -0.4 is 10.6 Å². The summed E-state index contributed by atoms with van der Waals surface area (Å²) in [7, 11) is 0.